The van der Waals surface area contributed by atoms with Crippen molar-refractivity contribution in [3.63, 3.8) is 0 Å². The number of hydrogen-bond acceptors (Lipinski definition) is 2. The van der Waals surface area contributed by atoms with E-state index in [1.54, 1.807) is 0 Å². The van der Waals surface area contributed by atoms with Crippen LogP contribution in [-0.4, -0.2) is 32.4 Å². The summed E-state index contributed by atoms with van der Waals surface area (Å²) in [6.45, 7) is 3.87. The highest BCUT2D eigenvalue weighted by molar-refractivity contribution is 6.40. The number of hydrogen-bond donors (Lipinski definition) is 2. The summed E-state index contributed by atoms with van der Waals surface area (Å²) >= 11 is 0. The number of carboxylic acid groups (broad SMARTS) is 2. The van der Waals surface area contributed by atoms with Gasteiger partial charge in [0.1, 0.15) is 0 Å². The van der Waals surface area contributed by atoms with Crippen LogP contribution in [0.1, 0.15) is 31.8 Å². The van der Waals surface area contributed by atoms with E-state index in [9.17, 15) is 19.8 Å². The molecule has 0 atom stereocenters. The first-order valence-electron chi connectivity index (χ1n) is 6.50. The minimum Gasteiger partial charge on any atom is -0.478 e. The minimum atomic E-state index is -1.04. The summed E-state index contributed by atoms with van der Waals surface area (Å²) in [5.41, 5.74) is 3.65. The number of aromatic carboxylic acids is 2. The SMILES string of the molecule is Cc1cc(C)cc(-c2c(C(=O)O)ccc(C(=O)O)c2[SiH3])c1. The molecule has 0 aliphatic rings. The lowest BCUT2D eigenvalue weighted by molar-refractivity contribution is 0.0683. The van der Waals surface area contributed by atoms with Crippen LogP contribution in [0.4, 0.5) is 0 Å². The normalized spacial score (nSPS) is 10.6. The smallest absolute Gasteiger partial charge is 0.336 e. The largest absolute Gasteiger partial charge is 0.478 e. The summed E-state index contributed by atoms with van der Waals surface area (Å²) in [6, 6.07) is 8.53. The molecule has 0 amide bonds. The number of aryl methyl sites for hydroxylation is 2. The van der Waals surface area contributed by atoms with E-state index in [2.05, 4.69) is 0 Å². The van der Waals surface area contributed by atoms with Crippen molar-refractivity contribution in [1.29, 1.82) is 0 Å². The van der Waals surface area contributed by atoms with Gasteiger partial charge in [0, 0.05) is 10.2 Å². The lowest BCUT2D eigenvalue weighted by Crippen LogP contribution is -2.21. The van der Waals surface area contributed by atoms with Gasteiger partial charge in [0.2, 0.25) is 0 Å². The van der Waals surface area contributed by atoms with Crippen LogP contribution in [0.2, 0.25) is 0 Å². The lowest BCUT2D eigenvalue weighted by atomic mass is 9.94. The van der Waals surface area contributed by atoms with Crippen molar-refractivity contribution in [2.45, 2.75) is 13.8 Å². The molecule has 0 fully saturated rings. The van der Waals surface area contributed by atoms with Crippen molar-refractivity contribution >= 4 is 27.4 Å². The molecule has 0 spiro atoms. The summed E-state index contributed by atoms with van der Waals surface area (Å²) in [6.07, 6.45) is 0. The number of carboxylic acids is 2. The van der Waals surface area contributed by atoms with E-state index < -0.39 is 11.9 Å². The number of rotatable bonds is 3. The Morgan fingerprint density at radius 1 is 0.905 bits per heavy atom. The highest BCUT2D eigenvalue weighted by Crippen LogP contribution is 2.25. The van der Waals surface area contributed by atoms with Crippen LogP contribution in [0.25, 0.3) is 11.1 Å². The average Bonchev–Trinajstić information content (AvgIpc) is 2.36. The Labute approximate surface area is 125 Å². The molecule has 0 unspecified atom stereocenters. The van der Waals surface area contributed by atoms with Crippen LogP contribution in [-0.2, 0) is 0 Å². The van der Waals surface area contributed by atoms with Crippen molar-refractivity contribution in [2.75, 3.05) is 0 Å². The first-order chi connectivity index (χ1) is 9.81. The number of carbonyl (C=O) groups is 2. The molecule has 2 N–H and O–H groups in total. The van der Waals surface area contributed by atoms with E-state index in [0.29, 0.717) is 21.0 Å². The van der Waals surface area contributed by atoms with Crippen LogP contribution in [0, 0.1) is 13.8 Å². The highest BCUT2D eigenvalue weighted by atomic mass is 28.1. The molecular weight excluding hydrogens is 284 g/mol. The summed E-state index contributed by atoms with van der Waals surface area (Å²) in [5, 5.41) is 19.2. The van der Waals surface area contributed by atoms with Gasteiger partial charge >= 0.3 is 11.9 Å². The quantitative estimate of drug-likeness (QED) is 0.839. The van der Waals surface area contributed by atoms with Gasteiger partial charge in [0.25, 0.3) is 0 Å². The van der Waals surface area contributed by atoms with Crippen molar-refractivity contribution < 1.29 is 19.8 Å². The summed E-state index contributed by atoms with van der Waals surface area (Å²) < 4.78 is 0. The van der Waals surface area contributed by atoms with Gasteiger partial charge in [0.15, 0.2) is 0 Å². The van der Waals surface area contributed by atoms with E-state index in [0.717, 1.165) is 16.7 Å². The molecule has 21 heavy (non-hydrogen) atoms. The molecule has 2 aromatic rings. The molecule has 0 radical (unpaired) electrons. The van der Waals surface area contributed by atoms with Gasteiger partial charge in [-0.3, -0.25) is 0 Å². The molecule has 0 aliphatic carbocycles. The third-order valence-electron chi connectivity index (χ3n) is 3.44. The molecule has 0 bridgehead atoms. The van der Waals surface area contributed by atoms with E-state index >= 15 is 0 Å². The lowest BCUT2D eigenvalue weighted by Gasteiger charge is -2.14. The van der Waals surface area contributed by atoms with Crippen LogP contribution in [0.5, 0.6) is 0 Å². The van der Waals surface area contributed by atoms with E-state index in [1.807, 2.05) is 32.0 Å². The Kier molecular flexibility index (Phi) is 3.95. The molecule has 0 heterocycles. The second-order valence-electron chi connectivity index (χ2n) is 5.15. The maximum absolute atomic E-state index is 11.5. The fraction of sp³-hybridized carbons (Fsp3) is 0.125. The Hall–Kier alpha value is -2.40. The molecule has 0 aliphatic heterocycles. The highest BCUT2D eigenvalue weighted by Gasteiger charge is 2.19. The van der Waals surface area contributed by atoms with Crippen LogP contribution in [0.3, 0.4) is 0 Å². The van der Waals surface area contributed by atoms with Gasteiger partial charge in [-0.2, -0.15) is 0 Å². The summed E-state index contributed by atoms with van der Waals surface area (Å²) in [4.78, 5) is 22.8. The molecule has 0 saturated carbocycles. The van der Waals surface area contributed by atoms with Gasteiger partial charge < -0.3 is 10.2 Å². The molecule has 4 nitrogen and oxygen atoms in total. The fourth-order valence-corrected chi connectivity index (χ4v) is 3.55. The second kappa shape index (κ2) is 5.53. The Morgan fingerprint density at radius 2 is 1.38 bits per heavy atom. The van der Waals surface area contributed by atoms with Crippen molar-refractivity contribution in [3.8, 4) is 11.1 Å². The van der Waals surface area contributed by atoms with Crippen LogP contribution >= 0.6 is 0 Å². The summed E-state index contributed by atoms with van der Waals surface area (Å²) in [7, 11) is 0.456. The molecule has 0 saturated heterocycles. The zero-order chi connectivity index (χ0) is 15.7. The summed E-state index contributed by atoms with van der Waals surface area (Å²) in [5.74, 6) is -2.07. The maximum Gasteiger partial charge on any atom is 0.336 e. The predicted molar refractivity (Wildman–Crippen MR) is 84.8 cm³/mol. The van der Waals surface area contributed by atoms with Gasteiger partial charge in [-0.1, -0.05) is 29.3 Å². The van der Waals surface area contributed by atoms with E-state index in [-0.39, 0.29) is 11.1 Å². The monoisotopic (exact) mass is 300 g/mol. The van der Waals surface area contributed by atoms with Crippen LogP contribution in [0.15, 0.2) is 30.3 Å². The first kappa shape index (κ1) is 15.0. The first-order valence-corrected chi connectivity index (χ1v) is 7.50. The third kappa shape index (κ3) is 2.87. The second-order valence-corrected chi connectivity index (χ2v) is 6.15. The van der Waals surface area contributed by atoms with Crippen LogP contribution < -0.4 is 5.19 Å². The predicted octanol–water partition coefficient (Wildman–Crippen LogP) is 1.36. The Bertz CT molecular complexity index is 730. The van der Waals surface area contributed by atoms with Gasteiger partial charge in [-0.25, -0.2) is 9.59 Å². The van der Waals surface area contributed by atoms with Crippen molar-refractivity contribution in [2.24, 2.45) is 0 Å². The van der Waals surface area contributed by atoms with E-state index in [1.165, 1.54) is 12.1 Å². The zero-order valence-electron chi connectivity index (χ0n) is 12.1. The standard InChI is InChI=1S/C16H16O4Si/c1-8-5-9(2)7-10(6-8)13-11(15(17)18)3-4-12(14(13)21)16(19)20/h3-7H,1-2,21H3,(H,17,18)(H,19,20). The Morgan fingerprint density at radius 3 is 1.86 bits per heavy atom. The van der Waals surface area contributed by atoms with E-state index in [4.69, 9.17) is 0 Å². The van der Waals surface area contributed by atoms with Gasteiger partial charge in [0.05, 0.1) is 11.1 Å². The maximum atomic E-state index is 11.5. The molecule has 0 aromatic heterocycles. The van der Waals surface area contributed by atoms with Gasteiger partial charge in [-0.05, 0) is 42.3 Å². The number of benzene rings is 2. The van der Waals surface area contributed by atoms with Gasteiger partial charge in [-0.15, -0.1) is 0 Å². The molecule has 5 heteroatoms. The van der Waals surface area contributed by atoms with Crippen molar-refractivity contribution in [3.05, 3.63) is 52.6 Å². The Balaban J connectivity index is 2.84. The molecule has 108 valence electrons. The van der Waals surface area contributed by atoms with Crippen molar-refractivity contribution in [1.82, 2.24) is 0 Å². The molecule has 2 aromatic carbocycles. The molecular formula is C16H16O4Si. The molecule has 2 rings (SSSR count). The third-order valence-corrected chi connectivity index (χ3v) is 4.47. The zero-order valence-corrected chi connectivity index (χ0v) is 14.1. The minimum absolute atomic E-state index is 0.148. The fourth-order valence-electron chi connectivity index (χ4n) is 2.61. The topological polar surface area (TPSA) is 74.6 Å². The average molecular weight is 300 g/mol.